The number of aromatic hydroxyl groups is 1. The maximum Gasteiger partial charge on any atom is 0.220 e. The molecule has 7 nitrogen and oxygen atoms in total. The molecule has 3 N–H and O–H groups in total. The Bertz CT molecular complexity index is 1010. The summed E-state index contributed by atoms with van der Waals surface area (Å²) in [4.78, 5) is 20.3. The van der Waals surface area contributed by atoms with Gasteiger partial charge in [-0.15, -0.1) is 0 Å². The van der Waals surface area contributed by atoms with Crippen LogP contribution in [0.2, 0.25) is 5.02 Å². The number of nitrogens with zero attached hydrogens (tertiary/aromatic N) is 2. The van der Waals surface area contributed by atoms with Crippen LogP contribution in [-0.4, -0.2) is 28.1 Å². The second kappa shape index (κ2) is 8.75. The highest BCUT2D eigenvalue weighted by molar-refractivity contribution is 6.30. The maximum atomic E-state index is 11.8. The second-order valence-electron chi connectivity index (χ2n) is 6.07. The third kappa shape index (κ3) is 4.43. The highest BCUT2D eigenvalue weighted by Gasteiger charge is 2.12. The molecule has 0 aliphatic rings. The largest absolute Gasteiger partial charge is 0.504 e. The third-order valence-electron chi connectivity index (χ3n) is 4.14. The first-order valence-electron chi connectivity index (χ1n) is 8.65. The highest BCUT2D eigenvalue weighted by atomic mass is 35.5. The van der Waals surface area contributed by atoms with E-state index in [-0.39, 0.29) is 11.7 Å². The van der Waals surface area contributed by atoms with Crippen molar-refractivity contribution in [2.45, 2.75) is 19.4 Å². The molecule has 0 aliphatic heterocycles. The van der Waals surface area contributed by atoms with E-state index in [0.29, 0.717) is 52.6 Å². The number of halogens is 1. The molecule has 0 fully saturated rings. The van der Waals surface area contributed by atoms with E-state index in [4.69, 9.17) is 16.3 Å². The first kappa shape index (κ1) is 19.7. The number of rotatable bonds is 7. The van der Waals surface area contributed by atoms with Gasteiger partial charge in [0.15, 0.2) is 11.5 Å². The molecular formula is C20H20ClN4O3. The van der Waals surface area contributed by atoms with Crippen LogP contribution in [0.3, 0.4) is 0 Å². The summed E-state index contributed by atoms with van der Waals surface area (Å²) in [6.45, 7) is 4.01. The molecule has 8 heteroatoms. The zero-order valence-electron chi connectivity index (χ0n) is 15.3. The first-order chi connectivity index (χ1) is 13.5. The number of hydrogen-bond acceptors (Lipinski definition) is 6. The van der Waals surface area contributed by atoms with Gasteiger partial charge in [0, 0.05) is 35.1 Å². The monoisotopic (exact) mass is 399 g/mol. The fourth-order valence-electron chi connectivity index (χ4n) is 2.73. The summed E-state index contributed by atoms with van der Waals surface area (Å²) in [6, 6.07) is 8.51. The first-order valence-corrected chi connectivity index (χ1v) is 9.02. The average Bonchev–Trinajstić information content (AvgIpc) is 2.67. The molecule has 1 amide bonds. The van der Waals surface area contributed by atoms with Crippen LogP contribution in [0.1, 0.15) is 18.4 Å². The Balaban J connectivity index is 1.94. The number of fused-ring (bicyclic) bond motifs is 1. The van der Waals surface area contributed by atoms with Gasteiger partial charge in [-0.3, -0.25) is 4.79 Å². The van der Waals surface area contributed by atoms with Crippen molar-refractivity contribution in [1.82, 2.24) is 15.3 Å². The summed E-state index contributed by atoms with van der Waals surface area (Å²) in [5.74, 6) is 0.740. The summed E-state index contributed by atoms with van der Waals surface area (Å²) in [5, 5.41) is 17.4. The van der Waals surface area contributed by atoms with Gasteiger partial charge in [0.1, 0.15) is 12.1 Å². The summed E-state index contributed by atoms with van der Waals surface area (Å²) in [5.41, 5.74) is 2.14. The van der Waals surface area contributed by atoms with Crippen LogP contribution in [0.5, 0.6) is 11.5 Å². The van der Waals surface area contributed by atoms with Gasteiger partial charge in [-0.2, -0.15) is 0 Å². The molecule has 0 atom stereocenters. The minimum absolute atomic E-state index is 0.0143. The molecule has 0 aliphatic carbocycles. The molecule has 3 aromatic rings. The number of carbonyl (C=O) groups excluding carboxylic acids is 1. The molecule has 0 unspecified atom stereocenters. The van der Waals surface area contributed by atoms with Crippen LogP contribution in [0, 0.1) is 6.92 Å². The van der Waals surface area contributed by atoms with Gasteiger partial charge in [0.25, 0.3) is 0 Å². The zero-order valence-corrected chi connectivity index (χ0v) is 16.1. The number of anilines is 2. The molecule has 0 saturated carbocycles. The number of aromatic nitrogens is 2. The Morgan fingerprint density at radius 3 is 2.86 bits per heavy atom. The number of hydrogen-bond donors (Lipinski definition) is 3. The average molecular weight is 400 g/mol. The van der Waals surface area contributed by atoms with Crippen LogP contribution in [0.25, 0.3) is 10.9 Å². The van der Waals surface area contributed by atoms with Crippen LogP contribution < -0.4 is 15.4 Å². The highest BCUT2D eigenvalue weighted by Crippen LogP contribution is 2.34. The van der Waals surface area contributed by atoms with E-state index >= 15 is 0 Å². The van der Waals surface area contributed by atoms with Gasteiger partial charge < -0.3 is 20.5 Å². The molecular weight excluding hydrogens is 380 g/mol. The van der Waals surface area contributed by atoms with Crippen molar-refractivity contribution >= 4 is 39.9 Å². The van der Waals surface area contributed by atoms with Crippen LogP contribution in [0.4, 0.5) is 11.5 Å². The number of methoxy groups -OCH3 is 1. The van der Waals surface area contributed by atoms with Crippen LogP contribution in [0.15, 0.2) is 36.7 Å². The quantitative estimate of drug-likeness (QED) is 0.556. The molecule has 0 saturated heterocycles. The van der Waals surface area contributed by atoms with Crippen molar-refractivity contribution in [3.05, 3.63) is 54.2 Å². The summed E-state index contributed by atoms with van der Waals surface area (Å²) in [7, 11) is 1.47. The SMILES string of the molecule is [CH2]CCC(=O)NCc1ccc(Cl)cc1Nc1ncnc2cc(OC)c(O)cc12. The van der Waals surface area contributed by atoms with Crippen molar-refractivity contribution in [2.24, 2.45) is 0 Å². The van der Waals surface area contributed by atoms with Crippen LogP contribution in [-0.2, 0) is 11.3 Å². The maximum absolute atomic E-state index is 11.8. The van der Waals surface area contributed by atoms with Gasteiger partial charge in [-0.1, -0.05) is 24.6 Å². The van der Waals surface area contributed by atoms with Crippen molar-refractivity contribution in [2.75, 3.05) is 12.4 Å². The number of ether oxygens (including phenoxy) is 1. The molecule has 0 bridgehead atoms. The summed E-state index contributed by atoms with van der Waals surface area (Å²) >= 11 is 6.15. The number of benzene rings is 2. The van der Waals surface area contributed by atoms with Gasteiger partial charge >= 0.3 is 0 Å². The zero-order chi connectivity index (χ0) is 20.1. The minimum Gasteiger partial charge on any atom is -0.504 e. The van der Waals surface area contributed by atoms with Crippen molar-refractivity contribution in [3.63, 3.8) is 0 Å². The standard InChI is InChI=1S/C20H20ClN4O3/c1-3-4-19(27)22-10-12-5-6-13(21)7-15(12)25-20-14-8-17(26)18(28-2)9-16(14)23-11-24-20/h5-9,11,26H,1,3-4,10H2,2H3,(H,22,27)(H,23,24,25). The Hall–Kier alpha value is -3.06. The summed E-state index contributed by atoms with van der Waals surface area (Å²) in [6.07, 6.45) is 2.33. The molecule has 0 spiro atoms. The molecule has 145 valence electrons. The Labute approximate surface area is 167 Å². The lowest BCUT2D eigenvalue weighted by Crippen LogP contribution is -2.22. The van der Waals surface area contributed by atoms with Crippen LogP contribution >= 0.6 is 11.6 Å². The normalized spacial score (nSPS) is 10.7. The van der Waals surface area contributed by atoms with E-state index in [9.17, 15) is 9.90 Å². The second-order valence-corrected chi connectivity index (χ2v) is 6.51. The van der Waals surface area contributed by atoms with Gasteiger partial charge in [-0.25, -0.2) is 9.97 Å². The lowest BCUT2D eigenvalue weighted by molar-refractivity contribution is -0.121. The van der Waals surface area contributed by atoms with Gasteiger partial charge in [-0.05, 0) is 30.2 Å². The van der Waals surface area contributed by atoms with E-state index in [0.717, 1.165) is 5.56 Å². The van der Waals surface area contributed by atoms with Crippen molar-refractivity contribution in [1.29, 1.82) is 0 Å². The lowest BCUT2D eigenvalue weighted by atomic mass is 10.1. The number of phenols is 1. The fourth-order valence-corrected chi connectivity index (χ4v) is 2.90. The molecule has 1 aromatic heterocycles. The molecule has 1 radical (unpaired) electrons. The van der Waals surface area contributed by atoms with E-state index < -0.39 is 0 Å². The number of phenolic OH excluding ortho intramolecular Hbond substituents is 1. The third-order valence-corrected chi connectivity index (χ3v) is 4.38. The van der Waals surface area contributed by atoms with Gasteiger partial charge in [0.2, 0.25) is 5.91 Å². The van der Waals surface area contributed by atoms with Crippen molar-refractivity contribution in [3.8, 4) is 11.5 Å². The van der Waals surface area contributed by atoms with E-state index in [1.165, 1.54) is 19.5 Å². The topological polar surface area (TPSA) is 96.4 Å². The van der Waals surface area contributed by atoms with Crippen molar-refractivity contribution < 1.29 is 14.6 Å². The number of amides is 1. The molecule has 3 rings (SSSR count). The smallest absolute Gasteiger partial charge is 0.220 e. The number of carbonyl (C=O) groups is 1. The molecule has 2 aromatic carbocycles. The van der Waals surface area contributed by atoms with E-state index in [1.807, 2.05) is 6.07 Å². The Morgan fingerprint density at radius 1 is 1.29 bits per heavy atom. The summed E-state index contributed by atoms with van der Waals surface area (Å²) < 4.78 is 5.13. The Kier molecular flexibility index (Phi) is 6.16. The molecule has 1 heterocycles. The lowest BCUT2D eigenvalue weighted by Gasteiger charge is -2.14. The number of nitrogens with one attached hydrogen (secondary N) is 2. The van der Waals surface area contributed by atoms with E-state index in [1.54, 1.807) is 18.2 Å². The van der Waals surface area contributed by atoms with Gasteiger partial charge in [0.05, 0.1) is 12.6 Å². The minimum atomic E-state index is -0.0691. The van der Waals surface area contributed by atoms with E-state index in [2.05, 4.69) is 27.5 Å². The predicted octanol–water partition coefficient (Wildman–Crippen LogP) is 3.97. The Morgan fingerprint density at radius 2 is 2.11 bits per heavy atom. The fraction of sp³-hybridized carbons (Fsp3) is 0.200. The predicted molar refractivity (Wildman–Crippen MR) is 109 cm³/mol. The molecule has 28 heavy (non-hydrogen) atoms.